The molecule has 1 saturated heterocycles. The van der Waals surface area contributed by atoms with Gasteiger partial charge in [0, 0.05) is 32.4 Å². The Labute approximate surface area is 136 Å². The highest BCUT2D eigenvalue weighted by molar-refractivity contribution is 7.12. The SMILES string of the molecule is O=C(c1cccs1)N1CCN(c2ncc(Cl)cc2Cl)CC1. The summed E-state index contributed by atoms with van der Waals surface area (Å²) in [6.07, 6.45) is 1.59. The number of thiophene rings is 1. The van der Waals surface area contributed by atoms with Crippen LogP contribution in [0.1, 0.15) is 9.67 Å². The molecule has 3 heterocycles. The molecule has 21 heavy (non-hydrogen) atoms. The van der Waals surface area contributed by atoms with E-state index in [0.717, 1.165) is 10.7 Å². The number of amides is 1. The van der Waals surface area contributed by atoms with Crippen LogP contribution in [0.15, 0.2) is 29.8 Å². The highest BCUT2D eigenvalue weighted by Gasteiger charge is 2.24. The number of anilines is 1. The number of carbonyl (C=O) groups excluding carboxylic acids is 1. The first-order valence-electron chi connectivity index (χ1n) is 6.54. The monoisotopic (exact) mass is 341 g/mol. The number of hydrogen-bond donors (Lipinski definition) is 0. The Balaban J connectivity index is 1.66. The zero-order chi connectivity index (χ0) is 14.8. The van der Waals surface area contributed by atoms with E-state index in [1.54, 1.807) is 12.3 Å². The van der Waals surface area contributed by atoms with Crippen molar-refractivity contribution in [3.63, 3.8) is 0 Å². The molecule has 4 nitrogen and oxygen atoms in total. The van der Waals surface area contributed by atoms with Crippen molar-refractivity contribution in [3.8, 4) is 0 Å². The number of pyridine rings is 1. The van der Waals surface area contributed by atoms with Crippen LogP contribution in [0.2, 0.25) is 10.0 Å². The van der Waals surface area contributed by atoms with Crippen molar-refractivity contribution < 1.29 is 4.79 Å². The molecule has 0 aromatic carbocycles. The van der Waals surface area contributed by atoms with Crippen molar-refractivity contribution in [2.24, 2.45) is 0 Å². The fraction of sp³-hybridized carbons (Fsp3) is 0.286. The number of piperazine rings is 1. The van der Waals surface area contributed by atoms with E-state index >= 15 is 0 Å². The normalized spacial score (nSPS) is 15.3. The first kappa shape index (κ1) is 14.6. The van der Waals surface area contributed by atoms with E-state index in [4.69, 9.17) is 23.2 Å². The summed E-state index contributed by atoms with van der Waals surface area (Å²) in [6.45, 7) is 2.76. The van der Waals surface area contributed by atoms with Gasteiger partial charge in [0.25, 0.3) is 5.91 Å². The average molecular weight is 342 g/mol. The van der Waals surface area contributed by atoms with E-state index in [9.17, 15) is 4.79 Å². The Hall–Kier alpha value is -1.30. The smallest absolute Gasteiger partial charge is 0.264 e. The molecule has 1 aliphatic rings. The number of halogens is 2. The summed E-state index contributed by atoms with van der Waals surface area (Å²) in [7, 11) is 0. The van der Waals surface area contributed by atoms with E-state index in [1.165, 1.54) is 11.3 Å². The predicted molar refractivity (Wildman–Crippen MR) is 86.7 cm³/mol. The lowest BCUT2D eigenvalue weighted by Crippen LogP contribution is -2.49. The molecule has 0 atom stereocenters. The van der Waals surface area contributed by atoms with Gasteiger partial charge in [0.1, 0.15) is 5.82 Å². The summed E-state index contributed by atoms with van der Waals surface area (Å²) in [5.74, 6) is 0.823. The van der Waals surface area contributed by atoms with E-state index in [0.29, 0.717) is 36.2 Å². The van der Waals surface area contributed by atoms with Crippen molar-refractivity contribution in [1.29, 1.82) is 0 Å². The zero-order valence-corrected chi connectivity index (χ0v) is 13.5. The summed E-state index contributed by atoms with van der Waals surface area (Å²) < 4.78 is 0. The van der Waals surface area contributed by atoms with Crippen LogP contribution in [0.25, 0.3) is 0 Å². The lowest BCUT2D eigenvalue weighted by molar-refractivity contribution is 0.0751. The minimum atomic E-state index is 0.0970. The van der Waals surface area contributed by atoms with Crippen LogP contribution in [-0.2, 0) is 0 Å². The maximum Gasteiger partial charge on any atom is 0.264 e. The van der Waals surface area contributed by atoms with Gasteiger partial charge in [0.15, 0.2) is 0 Å². The third-order valence-corrected chi connectivity index (χ3v) is 4.73. The minimum Gasteiger partial charge on any atom is -0.352 e. The van der Waals surface area contributed by atoms with Gasteiger partial charge in [-0.3, -0.25) is 4.79 Å². The average Bonchev–Trinajstić information content (AvgIpc) is 3.01. The van der Waals surface area contributed by atoms with E-state index in [1.807, 2.05) is 22.4 Å². The maximum atomic E-state index is 12.3. The Bertz CT molecular complexity index is 640. The van der Waals surface area contributed by atoms with Gasteiger partial charge in [-0.2, -0.15) is 0 Å². The molecule has 1 aliphatic heterocycles. The quantitative estimate of drug-likeness (QED) is 0.839. The number of hydrogen-bond acceptors (Lipinski definition) is 4. The molecular weight excluding hydrogens is 329 g/mol. The second-order valence-electron chi connectivity index (χ2n) is 4.72. The molecule has 7 heteroatoms. The highest BCUT2D eigenvalue weighted by atomic mass is 35.5. The fourth-order valence-corrected chi connectivity index (χ4v) is 3.51. The maximum absolute atomic E-state index is 12.3. The Morgan fingerprint density at radius 3 is 2.62 bits per heavy atom. The van der Waals surface area contributed by atoms with Gasteiger partial charge in [-0.15, -0.1) is 11.3 Å². The summed E-state index contributed by atoms with van der Waals surface area (Å²) in [6, 6.07) is 5.44. The van der Waals surface area contributed by atoms with Gasteiger partial charge in [-0.1, -0.05) is 29.3 Å². The summed E-state index contributed by atoms with van der Waals surface area (Å²) in [5, 5.41) is 2.98. The van der Waals surface area contributed by atoms with E-state index < -0.39 is 0 Å². The molecule has 2 aromatic rings. The van der Waals surface area contributed by atoms with Crippen LogP contribution < -0.4 is 4.90 Å². The fourth-order valence-electron chi connectivity index (χ4n) is 2.32. The molecule has 3 rings (SSSR count). The van der Waals surface area contributed by atoms with Crippen molar-refractivity contribution in [3.05, 3.63) is 44.7 Å². The molecule has 1 fully saturated rings. The van der Waals surface area contributed by atoms with E-state index in [2.05, 4.69) is 9.88 Å². The topological polar surface area (TPSA) is 36.4 Å². The van der Waals surface area contributed by atoms with Crippen molar-refractivity contribution in [1.82, 2.24) is 9.88 Å². The van der Waals surface area contributed by atoms with Gasteiger partial charge in [0.2, 0.25) is 0 Å². The third kappa shape index (κ3) is 3.15. The molecule has 0 spiro atoms. The molecule has 1 amide bonds. The highest BCUT2D eigenvalue weighted by Crippen LogP contribution is 2.27. The van der Waals surface area contributed by atoms with Crippen molar-refractivity contribution >= 4 is 46.3 Å². The lowest BCUT2D eigenvalue weighted by atomic mass is 10.3. The number of carbonyl (C=O) groups is 1. The van der Waals surface area contributed by atoms with Gasteiger partial charge in [-0.05, 0) is 17.5 Å². The molecular formula is C14H13Cl2N3OS. The standard InChI is InChI=1S/C14H13Cl2N3OS/c15-10-8-11(16)13(17-9-10)18-3-5-19(6-4-18)14(20)12-2-1-7-21-12/h1-2,7-9H,3-6H2. The molecule has 0 unspecified atom stereocenters. The van der Waals surface area contributed by atoms with Crippen LogP contribution in [0.4, 0.5) is 5.82 Å². The third-order valence-electron chi connectivity index (χ3n) is 3.39. The van der Waals surface area contributed by atoms with Gasteiger partial charge in [-0.25, -0.2) is 4.98 Å². The second kappa shape index (κ2) is 6.22. The molecule has 0 bridgehead atoms. The first-order valence-corrected chi connectivity index (χ1v) is 8.17. The second-order valence-corrected chi connectivity index (χ2v) is 6.51. The van der Waals surface area contributed by atoms with Crippen LogP contribution in [0.5, 0.6) is 0 Å². The molecule has 0 aliphatic carbocycles. The van der Waals surface area contributed by atoms with Gasteiger partial charge < -0.3 is 9.80 Å². The van der Waals surface area contributed by atoms with Crippen molar-refractivity contribution in [2.75, 3.05) is 31.1 Å². The summed E-state index contributed by atoms with van der Waals surface area (Å²) in [4.78, 5) is 21.3. The van der Waals surface area contributed by atoms with Gasteiger partial charge in [0.05, 0.1) is 14.9 Å². The summed E-state index contributed by atoms with van der Waals surface area (Å²) >= 11 is 13.5. The molecule has 0 N–H and O–H groups in total. The Kier molecular flexibility index (Phi) is 4.33. The summed E-state index contributed by atoms with van der Waals surface area (Å²) in [5.41, 5.74) is 0. The molecule has 110 valence electrons. The van der Waals surface area contributed by atoms with Gasteiger partial charge >= 0.3 is 0 Å². The number of rotatable bonds is 2. The predicted octanol–water partition coefficient (Wildman–Crippen LogP) is 3.41. The largest absolute Gasteiger partial charge is 0.352 e. The molecule has 0 radical (unpaired) electrons. The minimum absolute atomic E-state index is 0.0970. The lowest BCUT2D eigenvalue weighted by Gasteiger charge is -2.35. The number of aromatic nitrogens is 1. The molecule has 0 saturated carbocycles. The van der Waals surface area contributed by atoms with Crippen LogP contribution in [0.3, 0.4) is 0 Å². The van der Waals surface area contributed by atoms with Crippen LogP contribution >= 0.6 is 34.5 Å². The van der Waals surface area contributed by atoms with E-state index in [-0.39, 0.29) is 5.91 Å². The Morgan fingerprint density at radius 2 is 2.00 bits per heavy atom. The first-order chi connectivity index (χ1) is 10.1. The van der Waals surface area contributed by atoms with Crippen LogP contribution in [-0.4, -0.2) is 42.0 Å². The van der Waals surface area contributed by atoms with Crippen molar-refractivity contribution in [2.45, 2.75) is 0 Å². The number of nitrogens with zero attached hydrogens (tertiary/aromatic N) is 3. The molecule has 2 aromatic heterocycles. The zero-order valence-electron chi connectivity index (χ0n) is 11.1. The Morgan fingerprint density at radius 1 is 1.24 bits per heavy atom. The van der Waals surface area contributed by atoms with Crippen LogP contribution in [0, 0.1) is 0 Å².